The van der Waals surface area contributed by atoms with Crippen molar-refractivity contribution in [2.24, 2.45) is 5.73 Å². The Kier molecular flexibility index (Phi) is 2.33. The van der Waals surface area contributed by atoms with Crippen molar-refractivity contribution in [3.05, 3.63) is 29.3 Å². The molecule has 2 aliphatic heterocycles. The molecule has 4 nitrogen and oxygen atoms in total. The molecule has 0 spiro atoms. The number of fused-ring (bicyclic) bond motifs is 1. The number of hydrogen-bond acceptors (Lipinski definition) is 4. The van der Waals surface area contributed by atoms with E-state index in [1.165, 1.54) is 0 Å². The monoisotopic (exact) mass is 253 g/mol. The minimum absolute atomic E-state index is 0.260. The SMILES string of the molecule is NC1(c2ccc3c(c2)CCCS3(=O)=O)COC1. The van der Waals surface area contributed by atoms with Crippen molar-refractivity contribution < 1.29 is 13.2 Å². The van der Waals surface area contributed by atoms with Crippen LogP contribution in [0.4, 0.5) is 0 Å². The predicted molar refractivity (Wildman–Crippen MR) is 63.5 cm³/mol. The summed E-state index contributed by atoms with van der Waals surface area (Å²) < 4.78 is 28.9. The molecule has 0 atom stereocenters. The maximum atomic E-state index is 11.9. The first-order valence-electron chi connectivity index (χ1n) is 5.74. The van der Waals surface area contributed by atoms with Gasteiger partial charge in [-0.05, 0) is 30.0 Å². The second kappa shape index (κ2) is 3.54. The van der Waals surface area contributed by atoms with Crippen molar-refractivity contribution in [1.29, 1.82) is 0 Å². The van der Waals surface area contributed by atoms with Crippen molar-refractivity contribution in [2.75, 3.05) is 19.0 Å². The molecule has 0 aromatic heterocycles. The molecule has 0 saturated carbocycles. The van der Waals surface area contributed by atoms with Crippen LogP contribution in [0.25, 0.3) is 0 Å². The van der Waals surface area contributed by atoms with E-state index in [0.717, 1.165) is 17.5 Å². The fourth-order valence-electron chi connectivity index (χ4n) is 2.44. The van der Waals surface area contributed by atoms with E-state index in [2.05, 4.69) is 0 Å². The molecule has 1 aromatic rings. The molecule has 0 unspecified atom stereocenters. The summed E-state index contributed by atoms with van der Waals surface area (Å²) in [7, 11) is -3.07. The van der Waals surface area contributed by atoms with Crippen LogP contribution >= 0.6 is 0 Å². The maximum absolute atomic E-state index is 11.9. The topological polar surface area (TPSA) is 69.4 Å². The minimum atomic E-state index is -3.07. The molecule has 1 fully saturated rings. The van der Waals surface area contributed by atoms with Gasteiger partial charge < -0.3 is 10.5 Å². The number of hydrogen-bond donors (Lipinski definition) is 1. The summed E-state index contributed by atoms with van der Waals surface area (Å²) in [6.07, 6.45) is 1.52. The molecule has 0 aliphatic carbocycles. The van der Waals surface area contributed by atoms with Gasteiger partial charge in [0.1, 0.15) is 0 Å². The number of rotatable bonds is 1. The smallest absolute Gasteiger partial charge is 0.178 e. The summed E-state index contributed by atoms with van der Waals surface area (Å²) >= 11 is 0. The molecule has 5 heteroatoms. The summed E-state index contributed by atoms with van der Waals surface area (Å²) in [5.41, 5.74) is 7.62. The number of benzene rings is 1. The van der Waals surface area contributed by atoms with Crippen LogP contribution in [0, 0.1) is 0 Å². The van der Waals surface area contributed by atoms with Crippen molar-refractivity contribution >= 4 is 9.84 Å². The molecule has 0 bridgehead atoms. The maximum Gasteiger partial charge on any atom is 0.178 e. The number of ether oxygens (including phenoxy) is 1. The van der Waals surface area contributed by atoms with Crippen LogP contribution < -0.4 is 5.73 Å². The van der Waals surface area contributed by atoms with E-state index in [1.807, 2.05) is 12.1 Å². The van der Waals surface area contributed by atoms with Gasteiger partial charge >= 0.3 is 0 Å². The molecule has 2 aliphatic rings. The molecule has 1 saturated heterocycles. The molecule has 1 aromatic carbocycles. The van der Waals surface area contributed by atoms with Crippen molar-refractivity contribution in [2.45, 2.75) is 23.3 Å². The highest BCUT2D eigenvalue weighted by Crippen LogP contribution is 2.32. The lowest BCUT2D eigenvalue weighted by molar-refractivity contribution is -0.0569. The first-order chi connectivity index (χ1) is 8.01. The molecule has 92 valence electrons. The van der Waals surface area contributed by atoms with Crippen molar-refractivity contribution in [1.82, 2.24) is 0 Å². The summed E-state index contributed by atoms with van der Waals surface area (Å²) in [4.78, 5) is 0.483. The number of nitrogens with two attached hydrogens (primary N) is 1. The molecule has 2 heterocycles. The fourth-order valence-corrected chi connectivity index (χ4v) is 4.02. The standard InChI is InChI=1S/C12H15NO3S/c13-12(7-16-8-12)10-3-4-11-9(6-10)2-1-5-17(11,14)15/h3-4,6H,1-2,5,7-8,13H2. The Labute approximate surface area is 101 Å². The molecule has 2 N–H and O–H groups in total. The quantitative estimate of drug-likeness (QED) is 0.795. The highest BCUT2D eigenvalue weighted by atomic mass is 32.2. The van der Waals surface area contributed by atoms with Crippen LogP contribution in [0.15, 0.2) is 23.1 Å². The summed E-state index contributed by atoms with van der Waals surface area (Å²) in [5.74, 6) is 0.260. The van der Waals surface area contributed by atoms with Crippen molar-refractivity contribution in [3.8, 4) is 0 Å². The Morgan fingerprint density at radius 3 is 2.71 bits per heavy atom. The van der Waals surface area contributed by atoms with Gasteiger partial charge in [0.15, 0.2) is 9.84 Å². The Hall–Kier alpha value is -0.910. The number of aryl methyl sites for hydroxylation is 1. The van der Waals surface area contributed by atoms with Gasteiger partial charge in [-0.25, -0.2) is 8.42 Å². The zero-order valence-electron chi connectivity index (χ0n) is 9.48. The van der Waals surface area contributed by atoms with Crippen molar-refractivity contribution in [3.63, 3.8) is 0 Å². The van der Waals surface area contributed by atoms with Crippen LogP contribution in [0.5, 0.6) is 0 Å². The van der Waals surface area contributed by atoms with E-state index in [4.69, 9.17) is 10.5 Å². The lowest BCUT2D eigenvalue weighted by Crippen LogP contribution is -2.54. The van der Waals surface area contributed by atoms with Gasteiger partial charge in [-0.2, -0.15) is 0 Å². The Bertz CT molecular complexity index is 561. The van der Waals surface area contributed by atoms with Gasteiger partial charge in [0, 0.05) is 0 Å². The second-order valence-corrected chi connectivity index (χ2v) is 6.97. The lowest BCUT2D eigenvalue weighted by Gasteiger charge is -2.38. The normalized spacial score (nSPS) is 24.8. The van der Waals surface area contributed by atoms with E-state index < -0.39 is 15.4 Å². The van der Waals surface area contributed by atoms with Crippen LogP contribution in [0.1, 0.15) is 17.5 Å². The summed E-state index contributed by atoms with van der Waals surface area (Å²) in [5, 5.41) is 0. The average molecular weight is 253 g/mol. The van der Waals surface area contributed by atoms with Crippen LogP contribution in [-0.4, -0.2) is 27.4 Å². The van der Waals surface area contributed by atoms with Gasteiger partial charge in [0.2, 0.25) is 0 Å². The minimum Gasteiger partial charge on any atom is -0.377 e. The molecule has 3 rings (SSSR count). The average Bonchev–Trinajstić information content (AvgIpc) is 2.25. The Balaban J connectivity index is 2.08. The van der Waals surface area contributed by atoms with E-state index in [9.17, 15) is 8.42 Å². The van der Waals surface area contributed by atoms with E-state index in [1.54, 1.807) is 6.07 Å². The van der Waals surface area contributed by atoms with Crippen LogP contribution in [-0.2, 0) is 26.5 Å². The molecular weight excluding hydrogens is 238 g/mol. The summed E-state index contributed by atoms with van der Waals surface area (Å²) in [6, 6.07) is 5.46. The highest BCUT2D eigenvalue weighted by Gasteiger charge is 2.37. The zero-order valence-corrected chi connectivity index (χ0v) is 10.3. The first kappa shape index (κ1) is 11.2. The Morgan fingerprint density at radius 1 is 1.29 bits per heavy atom. The molecule has 17 heavy (non-hydrogen) atoms. The third kappa shape index (κ3) is 1.69. The van der Waals surface area contributed by atoms with Crippen LogP contribution in [0.2, 0.25) is 0 Å². The summed E-state index contributed by atoms with van der Waals surface area (Å²) in [6.45, 7) is 1.02. The fraction of sp³-hybridized carbons (Fsp3) is 0.500. The zero-order chi connectivity index (χ0) is 12.1. The molecule has 0 amide bonds. The van der Waals surface area contributed by atoms with Gasteiger partial charge in [-0.3, -0.25) is 0 Å². The highest BCUT2D eigenvalue weighted by molar-refractivity contribution is 7.91. The van der Waals surface area contributed by atoms with E-state index in [0.29, 0.717) is 24.5 Å². The van der Waals surface area contributed by atoms with Crippen LogP contribution in [0.3, 0.4) is 0 Å². The predicted octanol–water partition coefficient (Wildman–Crippen LogP) is 0.591. The molecular formula is C12H15NO3S. The Morgan fingerprint density at radius 2 is 2.06 bits per heavy atom. The lowest BCUT2D eigenvalue weighted by atomic mass is 9.88. The number of sulfone groups is 1. The first-order valence-corrected chi connectivity index (χ1v) is 7.39. The third-order valence-corrected chi connectivity index (χ3v) is 5.44. The van der Waals surface area contributed by atoms with E-state index in [-0.39, 0.29) is 5.75 Å². The molecule has 0 radical (unpaired) electrons. The third-order valence-electron chi connectivity index (χ3n) is 3.55. The van der Waals surface area contributed by atoms with Gasteiger partial charge in [-0.1, -0.05) is 12.1 Å². The van der Waals surface area contributed by atoms with E-state index >= 15 is 0 Å². The largest absolute Gasteiger partial charge is 0.377 e. The van der Waals surface area contributed by atoms with Gasteiger partial charge in [0.05, 0.1) is 29.4 Å². The van der Waals surface area contributed by atoms with Gasteiger partial charge in [-0.15, -0.1) is 0 Å². The van der Waals surface area contributed by atoms with Gasteiger partial charge in [0.25, 0.3) is 0 Å². The second-order valence-electron chi connectivity index (χ2n) is 4.89.